The lowest BCUT2D eigenvalue weighted by Gasteiger charge is -2.11. The molecule has 1 atom stereocenters. The molecule has 0 aliphatic carbocycles. The van der Waals surface area contributed by atoms with Crippen molar-refractivity contribution in [2.45, 2.75) is 39.7 Å². The molecule has 0 spiro atoms. The van der Waals surface area contributed by atoms with Crippen LogP contribution < -0.4 is 4.74 Å². The summed E-state index contributed by atoms with van der Waals surface area (Å²) in [6.07, 6.45) is 2.30. The Morgan fingerprint density at radius 2 is 1.70 bits per heavy atom. The normalized spacial score (nSPS) is 12.0. The van der Waals surface area contributed by atoms with Crippen LogP contribution in [0.15, 0.2) is 24.3 Å². The van der Waals surface area contributed by atoms with Crippen molar-refractivity contribution in [1.29, 1.82) is 0 Å². The highest BCUT2D eigenvalue weighted by atomic mass is 31.2. The van der Waals surface area contributed by atoms with E-state index in [1.807, 2.05) is 6.92 Å². The van der Waals surface area contributed by atoms with Crippen molar-refractivity contribution in [3.05, 3.63) is 29.8 Å². The summed E-state index contributed by atoms with van der Waals surface area (Å²) in [5, 5.41) is 0. The van der Waals surface area contributed by atoms with E-state index in [1.54, 1.807) is 30.9 Å². The summed E-state index contributed by atoms with van der Waals surface area (Å²) in [6, 6.07) is 6.77. The summed E-state index contributed by atoms with van der Waals surface area (Å²) in [7, 11) is -2.52. The lowest BCUT2D eigenvalue weighted by atomic mass is 10.2. The van der Waals surface area contributed by atoms with E-state index >= 15 is 0 Å². The second kappa shape index (κ2) is 13.9. The number of unbranched alkanes of at least 4 members (excludes halogenated alkanes) is 1. The van der Waals surface area contributed by atoms with Gasteiger partial charge in [-0.3, -0.25) is 14.2 Å². The van der Waals surface area contributed by atoms with Crippen LogP contribution in [0.5, 0.6) is 5.75 Å². The average molecular weight is 400 g/mol. The first-order chi connectivity index (χ1) is 12.7. The molecule has 0 aliphatic rings. The first-order valence-electron chi connectivity index (χ1n) is 8.37. The van der Waals surface area contributed by atoms with Crippen LogP contribution in [-0.2, 0) is 39.6 Å². The van der Waals surface area contributed by atoms with Crippen molar-refractivity contribution in [3.63, 3.8) is 0 Å². The van der Waals surface area contributed by atoms with Crippen LogP contribution in [0.25, 0.3) is 0 Å². The zero-order chi connectivity index (χ0) is 20.7. The molecule has 150 valence electrons. The topological polar surface area (TPSA) is 113 Å². The lowest BCUT2D eigenvalue weighted by molar-refractivity contribution is -0.191. The molecule has 9 heteroatoms. The zero-order valence-corrected chi connectivity index (χ0v) is 16.7. The maximum atomic E-state index is 11.9. The number of ether oxygens (including phenoxy) is 2. The molecule has 0 amide bonds. The minimum Gasteiger partial charge on any atom is -0.461 e. The molecule has 0 radical (unpaired) electrons. The molecule has 8 nitrogen and oxygen atoms in total. The third kappa shape index (κ3) is 13.6. The summed E-state index contributed by atoms with van der Waals surface area (Å²) in [5.74, 6) is -0.215. The number of carbonyl (C=O) groups excluding carboxylic acids is 4. The second-order valence-corrected chi connectivity index (χ2v) is 8.33. The van der Waals surface area contributed by atoms with E-state index < -0.39 is 7.37 Å². The Morgan fingerprint density at radius 1 is 1.11 bits per heavy atom. The molecule has 1 rings (SSSR count). The Balaban J connectivity index is 0.00000210. The molecule has 0 aliphatic heterocycles. The minimum absolute atomic E-state index is 0.171. The van der Waals surface area contributed by atoms with Gasteiger partial charge in [0, 0.05) is 26.2 Å². The summed E-state index contributed by atoms with van der Waals surface area (Å²) in [6.45, 7) is 5.37. The van der Waals surface area contributed by atoms with Gasteiger partial charge in [-0.1, -0.05) is 12.1 Å². The van der Waals surface area contributed by atoms with Gasteiger partial charge in [-0.05, 0) is 37.5 Å². The first-order valence-corrected chi connectivity index (χ1v) is 10.6. The lowest BCUT2D eigenvalue weighted by Crippen LogP contribution is -2.05. The molecule has 27 heavy (non-hydrogen) atoms. The van der Waals surface area contributed by atoms with Crippen molar-refractivity contribution >= 4 is 25.5 Å². The van der Waals surface area contributed by atoms with E-state index in [4.69, 9.17) is 23.6 Å². The fourth-order valence-electron chi connectivity index (χ4n) is 2.06. The van der Waals surface area contributed by atoms with Gasteiger partial charge in [-0.25, -0.2) is 0 Å². The maximum absolute atomic E-state index is 11.9. The predicted octanol–water partition coefficient (Wildman–Crippen LogP) is 3.19. The highest BCUT2D eigenvalue weighted by Gasteiger charge is 2.14. The zero-order valence-electron chi connectivity index (χ0n) is 15.8. The van der Waals surface area contributed by atoms with Crippen molar-refractivity contribution in [2.24, 2.45) is 0 Å². The van der Waals surface area contributed by atoms with Gasteiger partial charge < -0.3 is 14.0 Å². The van der Waals surface area contributed by atoms with Gasteiger partial charge in [0.15, 0.2) is 7.37 Å². The molecule has 1 unspecified atom stereocenters. The number of hydrogen-bond donors (Lipinski definition) is 0. The Bertz CT molecular complexity index is 662. The molecular formula is C18H25O8P. The fourth-order valence-corrected chi connectivity index (χ4v) is 3.53. The number of benzene rings is 1. The minimum atomic E-state index is -2.52. The van der Waals surface area contributed by atoms with Crippen LogP contribution in [-0.4, -0.2) is 37.5 Å². The van der Waals surface area contributed by atoms with Gasteiger partial charge in [-0.2, -0.15) is 9.59 Å². The van der Waals surface area contributed by atoms with Crippen LogP contribution >= 0.6 is 7.37 Å². The quantitative estimate of drug-likeness (QED) is 0.255. The van der Waals surface area contributed by atoms with Crippen LogP contribution in [0.3, 0.4) is 0 Å². The summed E-state index contributed by atoms with van der Waals surface area (Å²) in [4.78, 5) is 38.8. The summed E-state index contributed by atoms with van der Waals surface area (Å²) < 4.78 is 27.2. The van der Waals surface area contributed by atoms with Crippen molar-refractivity contribution < 1.29 is 37.7 Å². The van der Waals surface area contributed by atoms with Gasteiger partial charge in [0.1, 0.15) is 12.4 Å². The van der Waals surface area contributed by atoms with Gasteiger partial charge in [0.25, 0.3) is 0 Å². The number of esters is 2. The standard InChI is InChI=1S/C17H25O6P.CO2/c1-4-22-24(3,20)12-6-5-7-17(19)21-13-15-8-10-16(11-9-15)23-14(2)18;2-1-3/h8-11H,4-7,12-13H2,1-3H3;. The molecule has 0 saturated heterocycles. The van der Waals surface area contributed by atoms with E-state index in [2.05, 4.69) is 0 Å². The van der Waals surface area contributed by atoms with Crippen LogP contribution in [0, 0.1) is 0 Å². The second-order valence-electron chi connectivity index (χ2n) is 5.59. The SMILES string of the molecule is CCOP(C)(=O)CCCCC(=O)OCc1ccc(OC(C)=O)cc1.O=C=O. The summed E-state index contributed by atoms with van der Waals surface area (Å²) in [5.41, 5.74) is 0.814. The van der Waals surface area contributed by atoms with E-state index in [0.29, 0.717) is 31.4 Å². The molecular weight excluding hydrogens is 375 g/mol. The Morgan fingerprint density at radius 3 is 2.22 bits per heavy atom. The molecule has 1 aromatic rings. The largest absolute Gasteiger partial charge is 0.461 e. The molecule has 0 N–H and O–H groups in total. The van der Waals surface area contributed by atoms with E-state index in [9.17, 15) is 14.2 Å². The Labute approximate surface area is 158 Å². The molecule has 0 bridgehead atoms. The van der Waals surface area contributed by atoms with Gasteiger partial charge >= 0.3 is 18.1 Å². The van der Waals surface area contributed by atoms with Gasteiger partial charge in [0.2, 0.25) is 0 Å². The van der Waals surface area contributed by atoms with Gasteiger partial charge in [0.05, 0.1) is 6.61 Å². The predicted molar refractivity (Wildman–Crippen MR) is 96.4 cm³/mol. The van der Waals surface area contributed by atoms with Crippen molar-refractivity contribution in [2.75, 3.05) is 19.4 Å². The third-order valence-corrected chi connectivity index (χ3v) is 5.12. The van der Waals surface area contributed by atoms with Gasteiger partial charge in [-0.15, -0.1) is 0 Å². The molecule has 0 heterocycles. The number of rotatable bonds is 10. The van der Waals surface area contributed by atoms with E-state index in [0.717, 1.165) is 5.56 Å². The average Bonchev–Trinajstić information content (AvgIpc) is 2.58. The summed E-state index contributed by atoms with van der Waals surface area (Å²) >= 11 is 0. The maximum Gasteiger partial charge on any atom is 0.373 e. The highest BCUT2D eigenvalue weighted by Crippen LogP contribution is 2.43. The van der Waals surface area contributed by atoms with E-state index in [1.165, 1.54) is 6.92 Å². The smallest absolute Gasteiger partial charge is 0.373 e. The van der Waals surface area contributed by atoms with E-state index in [-0.39, 0.29) is 31.1 Å². The molecule has 0 aromatic heterocycles. The van der Waals surface area contributed by atoms with Crippen molar-refractivity contribution in [1.82, 2.24) is 0 Å². The number of hydrogen-bond acceptors (Lipinski definition) is 8. The van der Waals surface area contributed by atoms with Crippen LogP contribution in [0.1, 0.15) is 38.7 Å². The number of carbonyl (C=O) groups is 2. The Kier molecular flexibility index (Phi) is 12.7. The highest BCUT2D eigenvalue weighted by molar-refractivity contribution is 7.58. The fraction of sp³-hybridized carbons (Fsp3) is 0.500. The molecule has 1 aromatic carbocycles. The van der Waals surface area contributed by atoms with Crippen LogP contribution in [0.2, 0.25) is 0 Å². The molecule has 0 saturated carbocycles. The van der Waals surface area contributed by atoms with Crippen molar-refractivity contribution in [3.8, 4) is 5.75 Å². The Hall–Kier alpha value is -2.27. The monoisotopic (exact) mass is 400 g/mol. The molecule has 0 fully saturated rings. The first kappa shape index (κ1) is 24.7. The third-order valence-electron chi connectivity index (χ3n) is 3.18. The van der Waals surface area contributed by atoms with Crippen LogP contribution in [0.4, 0.5) is 0 Å².